The molecule has 5 heteroatoms. The maximum Gasteiger partial charge on any atom is 0.206 e. The average Bonchev–Trinajstić information content (AvgIpc) is 2.59. The predicted molar refractivity (Wildman–Crippen MR) is 87.0 cm³/mol. The van der Waals surface area contributed by atoms with Crippen molar-refractivity contribution < 1.29 is 17.9 Å². The van der Waals surface area contributed by atoms with E-state index in [-0.39, 0.29) is 23.0 Å². The first kappa shape index (κ1) is 16.5. The van der Waals surface area contributed by atoms with E-state index >= 15 is 0 Å². The lowest BCUT2D eigenvalue weighted by Crippen LogP contribution is -2.02. The molecule has 0 bridgehead atoms. The number of ether oxygens (including phenoxy) is 2. The maximum atomic E-state index is 12.5. The number of hydrogen-bond donors (Lipinski definition) is 0. The molecule has 23 heavy (non-hydrogen) atoms. The third kappa shape index (κ3) is 4.06. The van der Waals surface area contributed by atoms with Crippen LogP contribution in [0.5, 0.6) is 11.5 Å². The maximum absolute atomic E-state index is 12.5. The first-order chi connectivity index (χ1) is 11.1. The summed E-state index contributed by atoms with van der Waals surface area (Å²) in [5.74, 6) is 5.71. The first-order valence-electron chi connectivity index (χ1n) is 6.65. The van der Waals surface area contributed by atoms with Gasteiger partial charge in [0.05, 0.1) is 9.79 Å². The normalized spacial score (nSPS) is 10.3. The molecule has 0 amide bonds. The SMILES string of the molecule is C#CCOc1ccc(S(=O)(=O)c2ccc(OCC#C)cc2)cc1. The molecule has 0 N–H and O–H groups in total. The fourth-order valence-electron chi connectivity index (χ4n) is 1.82. The Labute approximate surface area is 136 Å². The lowest BCUT2D eigenvalue weighted by Gasteiger charge is -2.07. The summed E-state index contributed by atoms with van der Waals surface area (Å²) in [6, 6.07) is 12.2. The smallest absolute Gasteiger partial charge is 0.206 e. The molecule has 116 valence electrons. The number of benzene rings is 2. The molecular formula is C18H14O4S. The van der Waals surface area contributed by atoms with E-state index in [2.05, 4.69) is 11.8 Å². The zero-order valence-corrected chi connectivity index (χ0v) is 13.0. The third-order valence-electron chi connectivity index (χ3n) is 2.91. The van der Waals surface area contributed by atoms with Gasteiger partial charge in [0, 0.05) is 0 Å². The van der Waals surface area contributed by atoms with E-state index in [1.54, 1.807) is 24.3 Å². The molecule has 0 spiro atoms. The second kappa shape index (κ2) is 7.40. The summed E-state index contributed by atoms with van der Waals surface area (Å²) in [5, 5.41) is 0. The molecule has 0 fully saturated rings. The molecule has 4 nitrogen and oxygen atoms in total. The van der Waals surface area contributed by atoms with Crippen molar-refractivity contribution in [2.45, 2.75) is 9.79 Å². The van der Waals surface area contributed by atoms with Crippen LogP contribution in [0, 0.1) is 24.7 Å². The minimum absolute atomic E-state index is 0.130. The number of terminal acetylenes is 2. The molecule has 2 aromatic carbocycles. The van der Waals surface area contributed by atoms with Crippen LogP contribution in [0.1, 0.15) is 0 Å². The average molecular weight is 326 g/mol. The van der Waals surface area contributed by atoms with E-state index in [9.17, 15) is 8.42 Å². The topological polar surface area (TPSA) is 52.6 Å². The van der Waals surface area contributed by atoms with E-state index in [1.807, 2.05) is 0 Å². The van der Waals surface area contributed by atoms with Gasteiger partial charge < -0.3 is 9.47 Å². The molecule has 0 aliphatic carbocycles. The molecule has 0 saturated heterocycles. The van der Waals surface area contributed by atoms with Crippen LogP contribution in [0.25, 0.3) is 0 Å². The van der Waals surface area contributed by atoms with E-state index in [1.165, 1.54) is 24.3 Å². The van der Waals surface area contributed by atoms with Gasteiger partial charge in [-0.15, -0.1) is 12.8 Å². The van der Waals surface area contributed by atoms with Crippen LogP contribution < -0.4 is 9.47 Å². The van der Waals surface area contributed by atoms with Gasteiger partial charge in [0.1, 0.15) is 24.7 Å². The number of hydrogen-bond acceptors (Lipinski definition) is 4. The Kier molecular flexibility index (Phi) is 5.30. The summed E-state index contributed by atoms with van der Waals surface area (Å²) in [5.41, 5.74) is 0. The van der Waals surface area contributed by atoms with Crippen LogP contribution in [0.4, 0.5) is 0 Å². The van der Waals surface area contributed by atoms with Crippen molar-refractivity contribution in [1.29, 1.82) is 0 Å². The van der Waals surface area contributed by atoms with Gasteiger partial charge in [-0.25, -0.2) is 8.42 Å². The van der Waals surface area contributed by atoms with Crippen LogP contribution in [-0.2, 0) is 9.84 Å². The lowest BCUT2D eigenvalue weighted by atomic mass is 10.3. The van der Waals surface area contributed by atoms with Crippen molar-refractivity contribution in [3.63, 3.8) is 0 Å². The van der Waals surface area contributed by atoms with Crippen molar-refractivity contribution >= 4 is 9.84 Å². The summed E-state index contributed by atoms with van der Waals surface area (Å²) in [7, 11) is -3.61. The lowest BCUT2D eigenvalue weighted by molar-refractivity contribution is 0.370. The Bertz CT molecular complexity index is 768. The highest BCUT2D eigenvalue weighted by atomic mass is 32.2. The fourth-order valence-corrected chi connectivity index (χ4v) is 3.08. The molecule has 0 aliphatic heterocycles. The van der Waals surface area contributed by atoms with Crippen molar-refractivity contribution in [1.82, 2.24) is 0 Å². The van der Waals surface area contributed by atoms with Gasteiger partial charge in [0.25, 0.3) is 0 Å². The van der Waals surface area contributed by atoms with E-state index in [0.29, 0.717) is 11.5 Å². The van der Waals surface area contributed by atoms with Gasteiger partial charge in [-0.2, -0.15) is 0 Å². The molecule has 0 atom stereocenters. The summed E-state index contributed by atoms with van der Waals surface area (Å²) in [6.07, 6.45) is 10.2. The predicted octanol–water partition coefficient (Wildman–Crippen LogP) is 2.54. The minimum Gasteiger partial charge on any atom is -0.481 e. The molecule has 2 rings (SSSR count). The van der Waals surface area contributed by atoms with E-state index in [0.717, 1.165) is 0 Å². The van der Waals surface area contributed by atoms with Crippen LogP contribution in [-0.4, -0.2) is 21.6 Å². The molecule has 0 aromatic heterocycles. The highest BCUT2D eigenvalue weighted by Crippen LogP contribution is 2.24. The van der Waals surface area contributed by atoms with Gasteiger partial charge >= 0.3 is 0 Å². The van der Waals surface area contributed by atoms with E-state index in [4.69, 9.17) is 22.3 Å². The zero-order valence-electron chi connectivity index (χ0n) is 12.2. The molecular weight excluding hydrogens is 312 g/mol. The molecule has 2 aromatic rings. The summed E-state index contributed by atoms with van der Waals surface area (Å²) >= 11 is 0. The molecule has 0 heterocycles. The summed E-state index contributed by atoms with van der Waals surface area (Å²) < 4.78 is 35.5. The van der Waals surface area contributed by atoms with Crippen LogP contribution >= 0.6 is 0 Å². The van der Waals surface area contributed by atoms with Gasteiger partial charge in [0.15, 0.2) is 0 Å². The van der Waals surface area contributed by atoms with Crippen molar-refractivity contribution in [3.8, 4) is 36.2 Å². The zero-order chi connectivity index (χ0) is 16.7. The Hall–Kier alpha value is -2.89. The van der Waals surface area contributed by atoms with Crippen molar-refractivity contribution in [3.05, 3.63) is 48.5 Å². The third-order valence-corrected chi connectivity index (χ3v) is 4.70. The fraction of sp³-hybridized carbons (Fsp3) is 0.111. The quantitative estimate of drug-likeness (QED) is 0.766. The summed E-state index contributed by atoms with van der Waals surface area (Å²) in [4.78, 5) is 0.339. The molecule has 0 aliphatic rings. The highest BCUT2D eigenvalue weighted by molar-refractivity contribution is 7.91. The Morgan fingerprint density at radius 2 is 1.09 bits per heavy atom. The first-order valence-corrected chi connectivity index (χ1v) is 8.14. The van der Waals surface area contributed by atoms with Gasteiger partial charge in [0.2, 0.25) is 9.84 Å². The molecule has 0 radical (unpaired) electrons. The monoisotopic (exact) mass is 326 g/mol. The molecule has 0 unspecified atom stereocenters. The number of sulfone groups is 1. The highest BCUT2D eigenvalue weighted by Gasteiger charge is 2.17. The Morgan fingerprint density at radius 1 is 0.739 bits per heavy atom. The Balaban J connectivity index is 2.21. The van der Waals surface area contributed by atoms with Gasteiger partial charge in [-0.3, -0.25) is 0 Å². The van der Waals surface area contributed by atoms with E-state index < -0.39 is 9.84 Å². The van der Waals surface area contributed by atoms with Crippen LogP contribution in [0.15, 0.2) is 58.3 Å². The largest absolute Gasteiger partial charge is 0.481 e. The van der Waals surface area contributed by atoms with Crippen molar-refractivity contribution in [2.75, 3.05) is 13.2 Å². The van der Waals surface area contributed by atoms with Crippen LogP contribution in [0.3, 0.4) is 0 Å². The summed E-state index contributed by atoms with van der Waals surface area (Å²) in [6.45, 7) is 0.260. The van der Waals surface area contributed by atoms with Gasteiger partial charge in [-0.05, 0) is 48.5 Å². The second-order valence-electron chi connectivity index (χ2n) is 4.43. The Morgan fingerprint density at radius 3 is 1.39 bits per heavy atom. The molecule has 0 saturated carbocycles. The standard InChI is InChI=1S/C18H14O4S/c1-3-13-21-15-5-9-17(10-6-15)23(19,20)18-11-7-16(8-12-18)22-14-4-2/h1-2,5-12H,13-14H2. The van der Waals surface area contributed by atoms with Crippen molar-refractivity contribution in [2.24, 2.45) is 0 Å². The van der Waals surface area contributed by atoms with Gasteiger partial charge in [-0.1, -0.05) is 11.8 Å². The van der Waals surface area contributed by atoms with Crippen LogP contribution in [0.2, 0.25) is 0 Å². The number of rotatable bonds is 6. The second-order valence-corrected chi connectivity index (χ2v) is 6.38. The minimum atomic E-state index is -3.61.